The Labute approximate surface area is 84.1 Å². The van der Waals surface area contributed by atoms with Gasteiger partial charge in [-0.25, -0.2) is 0 Å². The van der Waals surface area contributed by atoms with Gasteiger partial charge in [-0.2, -0.15) is 0 Å². The number of hydrogen-bond donors (Lipinski definition) is 3. The Morgan fingerprint density at radius 3 is 2.57 bits per heavy atom. The summed E-state index contributed by atoms with van der Waals surface area (Å²) in [7, 11) is 0. The van der Waals surface area contributed by atoms with Crippen molar-refractivity contribution in [1.82, 2.24) is 10.6 Å². The quantitative estimate of drug-likeness (QED) is 0.577. The van der Waals surface area contributed by atoms with Gasteiger partial charge in [0.25, 0.3) is 0 Å². The van der Waals surface area contributed by atoms with Gasteiger partial charge in [-0.05, 0) is 38.3 Å². The van der Waals surface area contributed by atoms with Crippen molar-refractivity contribution < 1.29 is 9.90 Å². The largest absolute Gasteiger partial charge is 0.394 e. The van der Waals surface area contributed by atoms with E-state index in [0.717, 1.165) is 32.4 Å². The van der Waals surface area contributed by atoms with Crippen LogP contribution in [0, 0.1) is 5.92 Å². The molecule has 0 bridgehead atoms. The number of hydrogen-bond acceptors (Lipinski definition) is 3. The van der Waals surface area contributed by atoms with Gasteiger partial charge in [0.1, 0.15) is 0 Å². The van der Waals surface area contributed by atoms with E-state index in [1.165, 1.54) is 0 Å². The topological polar surface area (TPSA) is 61.4 Å². The number of carbonyl (C=O) groups is 1. The van der Waals surface area contributed by atoms with E-state index in [9.17, 15) is 4.79 Å². The first-order valence-electron chi connectivity index (χ1n) is 5.37. The first-order valence-corrected chi connectivity index (χ1v) is 5.37. The van der Waals surface area contributed by atoms with Crippen molar-refractivity contribution in [3.05, 3.63) is 0 Å². The summed E-state index contributed by atoms with van der Waals surface area (Å²) in [5.74, 6) is 0.607. The fourth-order valence-electron chi connectivity index (χ4n) is 2.03. The van der Waals surface area contributed by atoms with Gasteiger partial charge in [0.05, 0.1) is 12.1 Å². The van der Waals surface area contributed by atoms with Crippen LogP contribution in [0.5, 0.6) is 0 Å². The highest BCUT2D eigenvalue weighted by Gasteiger charge is 2.38. The zero-order valence-corrected chi connectivity index (χ0v) is 8.38. The molecule has 2 aliphatic rings. The first kappa shape index (κ1) is 9.93. The molecule has 0 radical (unpaired) electrons. The minimum atomic E-state index is -0.270. The Balaban J connectivity index is 1.75. The summed E-state index contributed by atoms with van der Waals surface area (Å²) >= 11 is 0. The first-order chi connectivity index (χ1) is 6.74. The molecular formula is C10H18N2O2. The second-order valence-corrected chi connectivity index (χ2v) is 4.57. The van der Waals surface area contributed by atoms with Gasteiger partial charge < -0.3 is 15.7 Å². The van der Waals surface area contributed by atoms with Crippen molar-refractivity contribution in [2.24, 2.45) is 5.92 Å². The van der Waals surface area contributed by atoms with Gasteiger partial charge in [-0.1, -0.05) is 0 Å². The second-order valence-electron chi connectivity index (χ2n) is 4.57. The number of carbonyl (C=O) groups excluding carboxylic acids is 1. The molecule has 0 aromatic heterocycles. The summed E-state index contributed by atoms with van der Waals surface area (Å²) in [5.41, 5.74) is -0.270. The van der Waals surface area contributed by atoms with E-state index >= 15 is 0 Å². The van der Waals surface area contributed by atoms with Crippen LogP contribution in [-0.2, 0) is 4.79 Å². The van der Waals surface area contributed by atoms with Crippen molar-refractivity contribution in [2.45, 2.75) is 31.2 Å². The van der Waals surface area contributed by atoms with E-state index in [2.05, 4.69) is 10.6 Å². The predicted octanol–water partition coefficient (Wildman–Crippen LogP) is -0.373. The fraction of sp³-hybridized carbons (Fsp3) is 0.900. The molecule has 80 valence electrons. The van der Waals surface area contributed by atoms with Crippen molar-refractivity contribution >= 4 is 5.91 Å². The molecule has 0 aromatic rings. The van der Waals surface area contributed by atoms with Gasteiger partial charge in [-0.15, -0.1) is 0 Å². The number of amides is 1. The summed E-state index contributed by atoms with van der Waals surface area (Å²) in [6.07, 6.45) is 3.58. The molecule has 0 unspecified atom stereocenters. The zero-order valence-electron chi connectivity index (χ0n) is 8.38. The number of rotatable bonds is 4. The van der Waals surface area contributed by atoms with Gasteiger partial charge >= 0.3 is 0 Å². The van der Waals surface area contributed by atoms with Gasteiger partial charge in [0.2, 0.25) is 5.91 Å². The molecule has 2 fully saturated rings. The lowest BCUT2D eigenvalue weighted by Crippen LogP contribution is -2.57. The van der Waals surface area contributed by atoms with Crippen LogP contribution >= 0.6 is 0 Å². The van der Waals surface area contributed by atoms with Crippen LogP contribution in [0.3, 0.4) is 0 Å². The predicted molar refractivity (Wildman–Crippen MR) is 52.8 cm³/mol. The lowest BCUT2D eigenvalue weighted by molar-refractivity contribution is -0.126. The van der Waals surface area contributed by atoms with Gasteiger partial charge in [-0.3, -0.25) is 4.79 Å². The molecule has 1 amide bonds. The van der Waals surface area contributed by atoms with Crippen LogP contribution in [0.15, 0.2) is 0 Å². The molecule has 0 spiro atoms. The Bertz CT molecular complexity index is 217. The number of aliphatic hydroxyl groups excluding tert-OH is 1. The minimum absolute atomic E-state index is 0.0850. The minimum Gasteiger partial charge on any atom is -0.394 e. The van der Waals surface area contributed by atoms with Gasteiger partial charge in [0.15, 0.2) is 0 Å². The molecule has 1 saturated heterocycles. The lowest BCUT2D eigenvalue weighted by Gasteiger charge is -2.41. The zero-order chi connectivity index (χ0) is 10.0. The highest BCUT2D eigenvalue weighted by molar-refractivity contribution is 5.77. The maximum Gasteiger partial charge on any atom is 0.220 e. The van der Waals surface area contributed by atoms with E-state index in [4.69, 9.17) is 5.11 Å². The third kappa shape index (κ3) is 1.91. The molecule has 4 heteroatoms. The highest BCUT2D eigenvalue weighted by Crippen LogP contribution is 2.31. The van der Waals surface area contributed by atoms with E-state index < -0.39 is 0 Å². The molecule has 14 heavy (non-hydrogen) atoms. The van der Waals surface area contributed by atoms with Crippen molar-refractivity contribution in [1.29, 1.82) is 0 Å². The highest BCUT2D eigenvalue weighted by atomic mass is 16.3. The summed E-state index contributed by atoms with van der Waals surface area (Å²) < 4.78 is 0. The van der Waals surface area contributed by atoms with E-state index in [-0.39, 0.29) is 18.1 Å². The summed E-state index contributed by atoms with van der Waals surface area (Å²) in [6.45, 7) is 2.00. The molecule has 4 nitrogen and oxygen atoms in total. The average molecular weight is 198 g/mol. The van der Waals surface area contributed by atoms with Crippen LogP contribution in [0.2, 0.25) is 0 Å². The molecule has 2 rings (SSSR count). The maximum atomic E-state index is 11.6. The van der Waals surface area contributed by atoms with Crippen LogP contribution < -0.4 is 10.6 Å². The molecular weight excluding hydrogens is 180 g/mol. The van der Waals surface area contributed by atoms with Crippen LogP contribution in [-0.4, -0.2) is 36.2 Å². The van der Waals surface area contributed by atoms with Crippen molar-refractivity contribution in [3.8, 4) is 0 Å². The molecule has 1 heterocycles. The van der Waals surface area contributed by atoms with Gasteiger partial charge in [0, 0.05) is 6.42 Å². The molecule has 3 N–H and O–H groups in total. The molecule has 0 atom stereocenters. The molecule has 0 aromatic carbocycles. The molecule has 1 aliphatic carbocycles. The number of aliphatic hydroxyl groups is 1. The second kappa shape index (κ2) is 3.87. The van der Waals surface area contributed by atoms with E-state index in [1.807, 2.05) is 0 Å². The Morgan fingerprint density at radius 1 is 1.50 bits per heavy atom. The van der Waals surface area contributed by atoms with E-state index in [0.29, 0.717) is 12.3 Å². The van der Waals surface area contributed by atoms with Crippen LogP contribution in [0.25, 0.3) is 0 Å². The molecule has 1 saturated carbocycles. The smallest absolute Gasteiger partial charge is 0.220 e. The van der Waals surface area contributed by atoms with E-state index in [1.54, 1.807) is 0 Å². The normalized spacial score (nSPS) is 24.9. The summed E-state index contributed by atoms with van der Waals surface area (Å²) in [5, 5.41) is 15.3. The SMILES string of the molecule is O=C(CC1CNC1)NC1(CO)CCC1. The Morgan fingerprint density at radius 2 is 2.21 bits per heavy atom. The summed E-state index contributed by atoms with van der Waals surface area (Å²) in [6, 6.07) is 0. The third-order valence-electron chi connectivity index (χ3n) is 3.36. The average Bonchev–Trinajstić information content (AvgIpc) is 2.04. The maximum absolute atomic E-state index is 11.6. The van der Waals surface area contributed by atoms with Crippen molar-refractivity contribution in [2.75, 3.05) is 19.7 Å². The Kier molecular flexibility index (Phi) is 2.74. The summed E-state index contributed by atoms with van der Waals surface area (Å²) in [4.78, 5) is 11.6. The monoisotopic (exact) mass is 198 g/mol. The Hall–Kier alpha value is -0.610. The fourth-order valence-corrected chi connectivity index (χ4v) is 2.03. The number of nitrogens with one attached hydrogen (secondary N) is 2. The molecule has 1 aliphatic heterocycles. The van der Waals surface area contributed by atoms with Crippen LogP contribution in [0.4, 0.5) is 0 Å². The standard InChI is InChI=1S/C10H18N2O2/c13-7-10(2-1-3-10)12-9(14)4-8-5-11-6-8/h8,11,13H,1-7H2,(H,12,14). The van der Waals surface area contributed by atoms with Crippen molar-refractivity contribution in [3.63, 3.8) is 0 Å². The third-order valence-corrected chi connectivity index (χ3v) is 3.36. The lowest BCUT2D eigenvalue weighted by atomic mass is 9.77. The van der Waals surface area contributed by atoms with Crippen LogP contribution in [0.1, 0.15) is 25.7 Å².